The minimum Gasteiger partial charge on any atom is -0.369 e. The summed E-state index contributed by atoms with van der Waals surface area (Å²) in [6, 6.07) is 7.82. The summed E-state index contributed by atoms with van der Waals surface area (Å²) in [6.45, 7) is 1.58. The normalized spacial score (nSPS) is 18.7. The van der Waals surface area contributed by atoms with Gasteiger partial charge >= 0.3 is 0 Å². The van der Waals surface area contributed by atoms with Gasteiger partial charge in [-0.05, 0) is 25.1 Å². The number of nitrogens with two attached hydrogens (primary N) is 1. The van der Waals surface area contributed by atoms with Crippen LogP contribution in [0.15, 0.2) is 24.3 Å². The maximum Gasteiger partial charge on any atom is 0.242 e. The Balaban J connectivity index is 1.66. The third-order valence-corrected chi connectivity index (χ3v) is 5.09. The lowest BCUT2D eigenvalue weighted by Crippen LogP contribution is -2.38. The second kappa shape index (κ2) is 6.02. The first-order valence-electron chi connectivity index (χ1n) is 7.18. The molecule has 0 bridgehead atoms. The summed E-state index contributed by atoms with van der Waals surface area (Å²) >= 11 is 1.50. The fourth-order valence-corrected chi connectivity index (χ4v) is 3.56. The van der Waals surface area contributed by atoms with E-state index >= 15 is 0 Å². The predicted molar refractivity (Wildman–Crippen MR) is 86.8 cm³/mol. The van der Waals surface area contributed by atoms with Gasteiger partial charge < -0.3 is 5.73 Å². The number of likely N-dealkylation sites (N-methyl/N-ethyl adjacent to an activating group) is 1. The third-order valence-electron chi connectivity index (χ3n) is 3.98. The molecule has 2 aromatic rings. The number of carbonyl (C=O) groups is 2. The van der Waals surface area contributed by atoms with E-state index in [1.165, 1.54) is 11.3 Å². The Morgan fingerprint density at radius 2 is 2.23 bits per heavy atom. The first-order chi connectivity index (χ1) is 10.5. The number of primary amides is 1. The molecule has 1 aromatic heterocycles. The Morgan fingerprint density at radius 3 is 2.91 bits per heavy atom. The van der Waals surface area contributed by atoms with Crippen molar-refractivity contribution in [1.29, 1.82) is 0 Å². The van der Waals surface area contributed by atoms with Crippen molar-refractivity contribution < 1.29 is 9.59 Å². The molecule has 1 aliphatic rings. The summed E-state index contributed by atoms with van der Waals surface area (Å²) in [7, 11) is 1.74. The number of aromatic nitrogens is 1. The molecule has 1 fully saturated rings. The molecule has 3 rings (SSSR count). The average molecular weight is 318 g/mol. The van der Waals surface area contributed by atoms with Crippen molar-refractivity contribution in [2.75, 3.05) is 31.6 Å². The molecule has 2 heterocycles. The van der Waals surface area contributed by atoms with Gasteiger partial charge in [0.2, 0.25) is 11.8 Å². The average Bonchev–Trinajstić information content (AvgIpc) is 3.12. The highest BCUT2D eigenvalue weighted by molar-refractivity contribution is 7.22. The number of hydrogen-bond donors (Lipinski definition) is 1. The van der Waals surface area contributed by atoms with Gasteiger partial charge in [0.05, 0.1) is 22.7 Å². The predicted octanol–water partition coefficient (Wildman–Crippen LogP) is 1.07. The van der Waals surface area contributed by atoms with Crippen molar-refractivity contribution in [1.82, 2.24) is 9.88 Å². The van der Waals surface area contributed by atoms with Gasteiger partial charge in [-0.1, -0.05) is 23.5 Å². The molecule has 2 amide bonds. The Labute approximate surface area is 132 Å². The third kappa shape index (κ3) is 2.95. The second-order valence-corrected chi connectivity index (χ2v) is 6.55. The largest absolute Gasteiger partial charge is 0.369 e. The maximum atomic E-state index is 12.4. The first kappa shape index (κ1) is 14.9. The molecule has 7 heteroatoms. The summed E-state index contributed by atoms with van der Waals surface area (Å²) in [4.78, 5) is 31.6. The zero-order chi connectivity index (χ0) is 15.7. The van der Waals surface area contributed by atoms with Crippen LogP contribution in [0.1, 0.15) is 6.42 Å². The molecule has 1 atom stereocenters. The van der Waals surface area contributed by atoms with Crippen molar-refractivity contribution in [2.45, 2.75) is 6.42 Å². The molecule has 0 radical (unpaired) electrons. The van der Waals surface area contributed by atoms with E-state index in [4.69, 9.17) is 5.73 Å². The van der Waals surface area contributed by atoms with Gasteiger partial charge in [-0.25, -0.2) is 4.98 Å². The van der Waals surface area contributed by atoms with E-state index in [9.17, 15) is 9.59 Å². The topological polar surface area (TPSA) is 79.5 Å². The van der Waals surface area contributed by atoms with Crippen molar-refractivity contribution in [3.8, 4) is 0 Å². The van der Waals surface area contributed by atoms with Gasteiger partial charge in [0.25, 0.3) is 0 Å². The summed E-state index contributed by atoms with van der Waals surface area (Å²) in [5.74, 6) is -0.445. The van der Waals surface area contributed by atoms with Gasteiger partial charge in [0.15, 0.2) is 5.13 Å². The fourth-order valence-electron chi connectivity index (χ4n) is 2.62. The van der Waals surface area contributed by atoms with E-state index in [0.717, 1.165) is 23.2 Å². The molecule has 0 unspecified atom stereocenters. The Bertz CT molecular complexity index is 681. The molecule has 0 spiro atoms. The molecule has 116 valence electrons. The van der Waals surface area contributed by atoms with Crippen LogP contribution in [-0.2, 0) is 9.59 Å². The lowest BCUT2D eigenvalue weighted by atomic mass is 10.1. The highest BCUT2D eigenvalue weighted by atomic mass is 32.1. The van der Waals surface area contributed by atoms with Crippen molar-refractivity contribution in [3.63, 3.8) is 0 Å². The second-order valence-electron chi connectivity index (χ2n) is 5.54. The van der Waals surface area contributed by atoms with Gasteiger partial charge in [0, 0.05) is 13.6 Å². The molecule has 6 nitrogen and oxygen atoms in total. The maximum absolute atomic E-state index is 12.4. The molecule has 2 N–H and O–H groups in total. The number of fused-ring (bicyclic) bond motifs is 1. The van der Waals surface area contributed by atoms with Crippen LogP contribution in [0.3, 0.4) is 0 Å². The van der Waals surface area contributed by atoms with E-state index in [0.29, 0.717) is 11.7 Å². The number of nitrogens with zero attached hydrogens (tertiary/aromatic N) is 3. The standard InChI is InChI=1S/C15H18N4O2S/c1-18(15-17-11-4-2-3-5-12(11)22-15)13(20)9-19-7-6-10(8-19)14(16)21/h2-5,10H,6-9H2,1H3,(H2,16,21)/t10-/m1/s1. The number of carbonyl (C=O) groups excluding carboxylic acids is 2. The first-order valence-corrected chi connectivity index (χ1v) is 8.00. The summed E-state index contributed by atoms with van der Waals surface area (Å²) in [5.41, 5.74) is 6.22. The molecule has 1 aliphatic heterocycles. The Kier molecular flexibility index (Phi) is 4.08. The van der Waals surface area contributed by atoms with Gasteiger partial charge in [0.1, 0.15) is 0 Å². The molecule has 1 saturated heterocycles. The minimum absolute atomic E-state index is 0.0239. The molecule has 0 aliphatic carbocycles. The monoisotopic (exact) mass is 318 g/mol. The summed E-state index contributed by atoms with van der Waals surface area (Å²) in [5, 5.41) is 0.692. The van der Waals surface area contributed by atoms with Gasteiger partial charge in [-0.15, -0.1) is 0 Å². The van der Waals surface area contributed by atoms with Crippen molar-refractivity contribution >= 4 is 38.5 Å². The zero-order valence-electron chi connectivity index (χ0n) is 12.4. The molecular weight excluding hydrogens is 300 g/mol. The van der Waals surface area contributed by atoms with Gasteiger partial charge in [-0.2, -0.15) is 0 Å². The molecule has 22 heavy (non-hydrogen) atoms. The Morgan fingerprint density at radius 1 is 1.45 bits per heavy atom. The van der Waals surface area contributed by atoms with Crippen molar-refractivity contribution in [2.24, 2.45) is 11.7 Å². The number of benzene rings is 1. The number of amides is 2. The van der Waals surface area contributed by atoms with Crippen LogP contribution in [0.25, 0.3) is 10.2 Å². The number of hydrogen-bond acceptors (Lipinski definition) is 5. The number of rotatable bonds is 4. The van der Waals surface area contributed by atoms with Crippen molar-refractivity contribution in [3.05, 3.63) is 24.3 Å². The van der Waals surface area contributed by atoms with E-state index in [2.05, 4.69) is 4.98 Å². The number of para-hydroxylation sites is 1. The van der Waals surface area contributed by atoms with E-state index in [1.807, 2.05) is 29.2 Å². The van der Waals surface area contributed by atoms with Crippen LogP contribution in [0, 0.1) is 5.92 Å². The van der Waals surface area contributed by atoms with Crippen LogP contribution in [-0.4, -0.2) is 48.4 Å². The fraction of sp³-hybridized carbons (Fsp3) is 0.400. The molecule has 0 saturated carbocycles. The minimum atomic E-state index is -0.283. The summed E-state index contributed by atoms with van der Waals surface area (Å²) in [6.07, 6.45) is 0.730. The van der Waals surface area contributed by atoms with E-state index in [-0.39, 0.29) is 24.3 Å². The number of likely N-dealkylation sites (tertiary alicyclic amines) is 1. The van der Waals surface area contributed by atoms with Gasteiger partial charge in [-0.3, -0.25) is 19.4 Å². The molecular formula is C15H18N4O2S. The Hall–Kier alpha value is -1.99. The van der Waals surface area contributed by atoms with E-state index in [1.54, 1.807) is 11.9 Å². The zero-order valence-corrected chi connectivity index (χ0v) is 13.2. The highest BCUT2D eigenvalue weighted by Crippen LogP contribution is 2.28. The smallest absolute Gasteiger partial charge is 0.242 e. The highest BCUT2D eigenvalue weighted by Gasteiger charge is 2.28. The number of anilines is 1. The SMILES string of the molecule is CN(C(=O)CN1CC[C@@H](C(N)=O)C1)c1nc2ccccc2s1. The van der Waals surface area contributed by atoms with Crippen LogP contribution < -0.4 is 10.6 Å². The summed E-state index contributed by atoms with van der Waals surface area (Å²) < 4.78 is 1.06. The lowest BCUT2D eigenvalue weighted by Gasteiger charge is -2.19. The molecule has 1 aromatic carbocycles. The lowest BCUT2D eigenvalue weighted by molar-refractivity contribution is -0.122. The quantitative estimate of drug-likeness (QED) is 0.914. The van der Waals surface area contributed by atoms with Crippen LogP contribution in [0.5, 0.6) is 0 Å². The van der Waals surface area contributed by atoms with E-state index < -0.39 is 0 Å². The van der Waals surface area contributed by atoms with Crippen LogP contribution >= 0.6 is 11.3 Å². The van der Waals surface area contributed by atoms with Crippen LogP contribution in [0.4, 0.5) is 5.13 Å². The van der Waals surface area contributed by atoms with Crippen LogP contribution in [0.2, 0.25) is 0 Å². The number of thiazole rings is 1.